The molecule has 0 saturated carbocycles. The van der Waals surface area contributed by atoms with E-state index in [0.29, 0.717) is 5.69 Å². The van der Waals surface area contributed by atoms with E-state index in [0.717, 1.165) is 16.8 Å². The predicted molar refractivity (Wildman–Crippen MR) is 82.6 cm³/mol. The zero-order valence-corrected chi connectivity index (χ0v) is 12.1. The minimum atomic E-state index is -0.280. The van der Waals surface area contributed by atoms with E-state index in [9.17, 15) is 4.39 Å². The molecule has 0 fully saturated rings. The molecule has 2 aromatic carbocycles. The smallest absolute Gasteiger partial charge is 0.218 e. The van der Waals surface area contributed by atoms with Crippen LogP contribution in [0.2, 0.25) is 5.28 Å². The largest absolute Gasteiger partial charge is 0.223 e. The molecule has 104 valence electrons. The number of hydrogen-bond donors (Lipinski definition) is 0. The van der Waals surface area contributed by atoms with Crippen LogP contribution in [0.4, 0.5) is 4.39 Å². The van der Waals surface area contributed by atoms with E-state index >= 15 is 0 Å². The van der Waals surface area contributed by atoms with Crippen molar-refractivity contribution in [2.45, 2.75) is 6.92 Å². The van der Waals surface area contributed by atoms with Crippen LogP contribution in [-0.4, -0.2) is 9.97 Å². The molecule has 0 aliphatic rings. The van der Waals surface area contributed by atoms with Crippen molar-refractivity contribution in [3.63, 3.8) is 0 Å². The van der Waals surface area contributed by atoms with E-state index in [-0.39, 0.29) is 11.1 Å². The maximum atomic E-state index is 13.0. The van der Waals surface area contributed by atoms with Crippen LogP contribution in [0.1, 0.15) is 5.56 Å². The van der Waals surface area contributed by atoms with Gasteiger partial charge in [0.05, 0.1) is 11.4 Å². The third-order valence-electron chi connectivity index (χ3n) is 3.19. The summed E-state index contributed by atoms with van der Waals surface area (Å²) in [6.07, 6.45) is 0. The van der Waals surface area contributed by atoms with Gasteiger partial charge in [0.25, 0.3) is 0 Å². The molecular formula is C17H12ClFN2. The third kappa shape index (κ3) is 3.09. The Kier molecular flexibility index (Phi) is 3.67. The van der Waals surface area contributed by atoms with Crippen LogP contribution in [0.25, 0.3) is 22.5 Å². The summed E-state index contributed by atoms with van der Waals surface area (Å²) >= 11 is 6.02. The quantitative estimate of drug-likeness (QED) is 0.628. The van der Waals surface area contributed by atoms with Gasteiger partial charge < -0.3 is 0 Å². The maximum Gasteiger partial charge on any atom is 0.223 e. The number of nitrogens with zero attached hydrogens (tertiary/aromatic N) is 2. The second kappa shape index (κ2) is 5.62. The number of benzene rings is 2. The number of hydrogen-bond acceptors (Lipinski definition) is 2. The lowest BCUT2D eigenvalue weighted by Gasteiger charge is -2.06. The van der Waals surface area contributed by atoms with Crippen LogP contribution in [0.3, 0.4) is 0 Å². The zero-order chi connectivity index (χ0) is 14.8. The molecule has 0 atom stereocenters. The summed E-state index contributed by atoms with van der Waals surface area (Å²) < 4.78 is 13.0. The van der Waals surface area contributed by atoms with Gasteiger partial charge in [-0.05, 0) is 48.9 Å². The molecular weight excluding hydrogens is 287 g/mol. The third-order valence-corrected chi connectivity index (χ3v) is 3.36. The lowest BCUT2D eigenvalue weighted by Crippen LogP contribution is -1.92. The first-order valence-electron chi connectivity index (χ1n) is 6.49. The zero-order valence-electron chi connectivity index (χ0n) is 11.3. The summed E-state index contributed by atoms with van der Waals surface area (Å²) in [7, 11) is 0. The Bertz CT molecular complexity index is 704. The first-order chi connectivity index (χ1) is 10.1. The Hall–Kier alpha value is -2.26. The monoisotopic (exact) mass is 298 g/mol. The molecule has 2 nitrogen and oxygen atoms in total. The second-order valence-electron chi connectivity index (χ2n) is 4.78. The van der Waals surface area contributed by atoms with Crippen molar-refractivity contribution in [3.8, 4) is 22.5 Å². The van der Waals surface area contributed by atoms with Gasteiger partial charge in [-0.2, -0.15) is 0 Å². The van der Waals surface area contributed by atoms with E-state index < -0.39 is 0 Å². The van der Waals surface area contributed by atoms with Crippen molar-refractivity contribution in [2.75, 3.05) is 0 Å². The van der Waals surface area contributed by atoms with Gasteiger partial charge in [-0.15, -0.1) is 0 Å². The predicted octanol–water partition coefficient (Wildman–Crippen LogP) is 4.91. The van der Waals surface area contributed by atoms with Crippen molar-refractivity contribution in [1.29, 1.82) is 0 Å². The molecule has 0 unspecified atom stereocenters. The summed E-state index contributed by atoms with van der Waals surface area (Å²) in [5.41, 5.74) is 4.36. The van der Waals surface area contributed by atoms with Crippen molar-refractivity contribution in [3.05, 3.63) is 71.3 Å². The molecule has 0 saturated heterocycles. The molecule has 3 aromatic rings. The standard InChI is InChI=1S/C17H12ClFN2/c1-11-2-4-12(5-3-11)15-10-16(21-17(18)20-15)13-6-8-14(19)9-7-13/h2-10H,1H3. The van der Waals surface area contributed by atoms with Gasteiger partial charge in [0, 0.05) is 11.1 Å². The molecule has 0 amide bonds. The highest BCUT2D eigenvalue weighted by molar-refractivity contribution is 6.28. The normalized spacial score (nSPS) is 10.6. The topological polar surface area (TPSA) is 25.8 Å². The molecule has 1 heterocycles. The molecule has 0 aliphatic heterocycles. The number of aryl methyl sites for hydroxylation is 1. The van der Waals surface area contributed by atoms with Crippen LogP contribution in [-0.2, 0) is 0 Å². The summed E-state index contributed by atoms with van der Waals surface area (Å²) in [6, 6.07) is 16.0. The van der Waals surface area contributed by atoms with Crippen molar-refractivity contribution in [2.24, 2.45) is 0 Å². The van der Waals surface area contributed by atoms with Crippen LogP contribution in [0, 0.1) is 12.7 Å². The van der Waals surface area contributed by atoms with Gasteiger partial charge in [0.15, 0.2) is 0 Å². The fourth-order valence-electron chi connectivity index (χ4n) is 2.06. The molecule has 1 aromatic heterocycles. The van der Waals surface area contributed by atoms with E-state index in [4.69, 9.17) is 11.6 Å². The molecule has 0 radical (unpaired) electrons. The Morgan fingerprint density at radius 2 is 1.29 bits per heavy atom. The average Bonchev–Trinajstić information content (AvgIpc) is 2.48. The lowest BCUT2D eigenvalue weighted by molar-refractivity contribution is 0.628. The summed E-state index contributed by atoms with van der Waals surface area (Å²) in [5.74, 6) is -0.280. The van der Waals surface area contributed by atoms with Crippen molar-refractivity contribution < 1.29 is 4.39 Å². The SMILES string of the molecule is Cc1ccc(-c2cc(-c3ccc(F)cc3)nc(Cl)n2)cc1. The van der Waals surface area contributed by atoms with Crippen LogP contribution < -0.4 is 0 Å². The molecule has 0 aliphatic carbocycles. The first kappa shape index (κ1) is 13.7. The minimum Gasteiger partial charge on any atom is -0.218 e. The first-order valence-corrected chi connectivity index (χ1v) is 6.87. The second-order valence-corrected chi connectivity index (χ2v) is 5.12. The van der Waals surface area contributed by atoms with Crippen LogP contribution >= 0.6 is 11.6 Å². The Morgan fingerprint density at radius 1 is 0.810 bits per heavy atom. The maximum absolute atomic E-state index is 13.0. The highest BCUT2D eigenvalue weighted by Gasteiger charge is 2.07. The van der Waals surface area contributed by atoms with Gasteiger partial charge in [0.2, 0.25) is 5.28 Å². The fourth-order valence-corrected chi connectivity index (χ4v) is 2.24. The fraction of sp³-hybridized carbons (Fsp3) is 0.0588. The minimum absolute atomic E-state index is 0.174. The number of aromatic nitrogens is 2. The summed E-state index contributed by atoms with van der Waals surface area (Å²) in [5, 5.41) is 0.174. The van der Waals surface area contributed by atoms with Gasteiger partial charge in [-0.25, -0.2) is 14.4 Å². The molecule has 21 heavy (non-hydrogen) atoms. The Labute approximate surface area is 127 Å². The summed E-state index contributed by atoms with van der Waals surface area (Å²) in [4.78, 5) is 8.47. The Balaban J connectivity index is 2.07. The number of rotatable bonds is 2. The van der Waals surface area contributed by atoms with E-state index in [2.05, 4.69) is 9.97 Å². The van der Waals surface area contributed by atoms with Gasteiger partial charge in [-0.1, -0.05) is 29.8 Å². The van der Waals surface area contributed by atoms with Crippen molar-refractivity contribution >= 4 is 11.6 Å². The van der Waals surface area contributed by atoms with E-state index in [1.54, 1.807) is 12.1 Å². The highest BCUT2D eigenvalue weighted by atomic mass is 35.5. The van der Waals surface area contributed by atoms with Crippen molar-refractivity contribution in [1.82, 2.24) is 9.97 Å². The Morgan fingerprint density at radius 3 is 1.81 bits per heavy atom. The molecule has 0 N–H and O–H groups in total. The van der Waals surface area contributed by atoms with Crippen LogP contribution in [0.5, 0.6) is 0 Å². The van der Waals surface area contributed by atoms with Gasteiger partial charge >= 0.3 is 0 Å². The lowest BCUT2D eigenvalue weighted by atomic mass is 10.1. The van der Waals surface area contributed by atoms with E-state index in [1.807, 2.05) is 37.3 Å². The van der Waals surface area contributed by atoms with E-state index in [1.165, 1.54) is 17.7 Å². The molecule has 3 rings (SSSR count). The number of halogens is 2. The molecule has 0 spiro atoms. The molecule has 0 bridgehead atoms. The van der Waals surface area contributed by atoms with Crippen LogP contribution in [0.15, 0.2) is 54.6 Å². The molecule has 4 heteroatoms. The average molecular weight is 299 g/mol. The highest BCUT2D eigenvalue weighted by Crippen LogP contribution is 2.25. The van der Waals surface area contributed by atoms with Gasteiger partial charge in [-0.3, -0.25) is 0 Å². The summed E-state index contributed by atoms with van der Waals surface area (Å²) in [6.45, 7) is 2.03. The van der Waals surface area contributed by atoms with Gasteiger partial charge in [0.1, 0.15) is 5.82 Å².